The van der Waals surface area contributed by atoms with E-state index in [9.17, 15) is 10.1 Å². The van der Waals surface area contributed by atoms with Gasteiger partial charge in [0.25, 0.3) is 0 Å². The number of carbonyl (C=O) groups excluding carboxylic acids is 1. The summed E-state index contributed by atoms with van der Waals surface area (Å²) in [5, 5.41) is 13.0. The van der Waals surface area contributed by atoms with Crippen molar-refractivity contribution in [2.24, 2.45) is 5.92 Å². The van der Waals surface area contributed by atoms with Crippen LogP contribution in [0.2, 0.25) is 5.02 Å². The fourth-order valence-electron chi connectivity index (χ4n) is 2.53. The fraction of sp³-hybridized carbons (Fsp3) is 0.312. The van der Waals surface area contributed by atoms with Gasteiger partial charge in [0.15, 0.2) is 0 Å². The molecule has 1 heterocycles. The van der Waals surface area contributed by atoms with E-state index < -0.39 is 17.8 Å². The van der Waals surface area contributed by atoms with Gasteiger partial charge in [-0.3, -0.25) is 0 Å². The molecule has 0 fully saturated rings. The molecular weight excluding hydrogens is 320 g/mol. The first kappa shape index (κ1) is 16.5. The molecule has 6 heteroatoms. The van der Waals surface area contributed by atoms with Crippen molar-refractivity contribution in [3.8, 4) is 6.07 Å². The van der Waals surface area contributed by atoms with E-state index in [2.05, 4.69) is 11.4 Å². The molecule has 0 saturated heterocycles. The van der Waals surface area contributed by atoms with E-state index in [1.54, 1.807) is 38.1 Å². The zero-order valence-electron chi connectivity index (χ0n) is 12.2. The predicted molar refractivity (Wildman–Crippen MR) is 88.4 cm³/mol. The van der Waals surface area contributed by atoms with Crippen molar-refractivity contribution in [3.63, 3.8) is 0 Å². The summed E-state index contributed by atoms with van der Waals surface area (Å²) in [5.74, 6) is -1.52. The van der Waals surface area contributed by atoms with Crippen LogP contribution in [0.3, 0.4) is 0 Å². The first-order valence-corrected chi connectivity index (χ1v) is 7.62. The second-order valence-corrected chi connectivity index (χ2v) is 5.76. The summed E-state index contributed by atoms with van der Waals surface area (Å²) in [7, 11) is 0. The lowest BCUT2D eigenvalue weighted by atomic mass is 9.78. The third kappa shape index (κ3) is 3.13. The van der Waals surface area contributed by atoms with Crippen LogP contribution < -0.4 is 5.32 Å². The molecule has 114 valence electrons. The van der Waals surface area contributed by atoms with E-state index in [1.807, 2.05) is 0 Å². The Labute approximate surface area is 139 Å². The zero-order chi connectivity index (χ0) is 16.3. The van der Waals surface area contributed by atoms with Crippen LogP contribution in [-0.4, -0.2) is 17.6 Å². The average Bonchev–Trinajstić information content (AvgIpc) is 2.47. The topological polar surface area (TPSA) is 62.1 Å². The van der Waals surface area contributed by atoms with E-state index in [0.29, 0.717) is 21.3 Å². The van der Waals surface area contributed by atoms with Gasteiger partial charge in [-0.2, -0.15) is 5.26 Å². The maximum absolute atomic E-state index is 12.3. The maximum Gasteiger partial charge on any atom is 0.336 e. The molecule has 0 amide bonds. The van der Waals surface area contributed by atoms with E-state index in [4.69, 9.17) is 28.6 Å². The third-order valence-electron chi connectivity index (χ3n) is 3.51. The first-order chi connectivity index (χ1) is 10.5. The zero-order valence-corrected chi connectivity index (χ0v) is 13.8. The van der Waals surface area contributed by atoms with Gasteiger partial charge in [-0.25, -0.2) is 4.79 Å². The Bertz CT molecular complexity index is 676. The van der Waals surface area contributed by atoms with Crippen molar-refractivity contribution in [1.29, 1.82) is 5.26 Å². The Kier molecular flexibility index (Phi) is 5.17. The summed E-state index contributed by atoms with van der Waals surface area (Å²) < 4.78 is 5.14. The lowest BCUT2D eigenvalue weighted by Gasteiger charge is -2.31. The molecule has 22 heavy (non-hydrogen) atoms. The highest BCUT2D eigenvalue weighted by atomic mass is 35.5. The van der Waals surface area contributed by atoms with Crippen molar-refractivity contribution in [3.05, 3.63) is 46.1 Å². The molecule has 1 aromatic rings. The van der Waals surface area contributed by atoms with E-state index >= 15 is 0 Å². The van der Waals surface area contributed by atoms with Gasteiger partial charge in [-0.1, -0.05) is 36.0 Å². The van der Waals surface area contributed by atoms with Crippen LogP contribution in [0, 0.1) is 17.2 Å². The number of hydrogen-bond donors (Lipinski definition) is 1. The number of benzene rings is 1. The number of halogens is 1. The number of thiocarbonyl (C=S) groups is 1. The lowest BCUT2D eigenvalue weighted by molar-refractivity contribution is -0.139. The number of nitrogens with one attached hydrogen (secondary N) is 1. The second-order valence-electron chi connectivity index (χ2n) is 4.88. The van der Waals surface area contributed by atoms with Gasteiger partial charge in [0.2, 0.25) is 0 Å². The minimum Gasteiger partial charge on any atom is -0.463 e. The Balaban J connectivity index is 2.57. The largest absolute Gasteiger partial charge is 0.463 e. The standard InChI is InChI=1S/C16H15ClN2O2S/c1-3-21-16(20)13-9(2)19-15(22)12(8-18)14(13)10-4-6-11(17)7-5-10/h4-7,12,14H,3H2,1-2H3,(H,19,22)/t12-,14+/m1/s1. The van der Waals surface area contributed by atoms with Crippen LogP contribution in [0.1, 0.15) is 25.3 Å². The molecule has 0 saturated carbocycles. The maximum atomic E-state index is 12.3. The number of hydrogen-bond acceptors (Lipinski definition) is 4. The summed E-state index contributed by atoms with van der Waals surface area (Å²) >= 11 is 11.2. The van der Waals surface area contributed by atoms with Crippen molar-refractivity contribution in [2.45, 2.75) is 19.8 Å². The molecule has 4 nitrogen and oxygen atoms in total. The Morgan fingerprint density at radius 1 is 1.45 bits per heavy atom. The molecule has 1 N–H and O–H groups in total. The Morgan fingerprint density at radius 2 is 2.09 bits per heavy atom. The number of allylic oxidation sites excluding steroid dienone is 1. The molecule has 0 radical (unpaired) electrons. The van der Waals surface area contributed by atoms with Crippen molar-refractivity contribution in [1.82, 2.24) is 5.32 Å². The van der Waals surface area contributed by atoms with Crippen LogP contribution >= 0.6 is 23.8 Å². The second kappa shape index (κ2) is 6.91. The Hall–Kier alpha value is -1.90. The number of nitrogens with zero attached hydrogens (tertiary/aromatic N) is 1. The normalized spacial score (nSPS) is 21.1. The lowest BCUT2D eigenvalue weighted by Crippen LogP contribution is -2.40. The molecule has 1 aliphatic heterocycles. The highest BCUT2D eigenvalue weighted by Crippen LogP contribution is 2.38. The minimum absolute atomic E-state index is 0.268. The van der Waals surface area contributed by atoms with Crippen LogP contribution in [0.5, 0.6) is 0 Å². The average molecular weight is 335 g/mol. The van der Waals surface area contributed by atoms with E-state index in [1.165, 1.54) is 0 Å². The van der Waals surface area contributed by atoms with Gasteiger partial charge >= 0.3 is 5.97 Å². The quantitative estimate of drug-likeness (QED) is 0.678. The molecular formula is C16H15ClN2O2S. The van der Waals surface area contributed by atoms with Crippen LogP contribution in [0.4, 0.5) is 0 Å². The summed E-state index contributed by atoms with van der Waals surface area (Å²) in [6.45, 7) is 3.77. The molecule has 0 bridgehead atoms. The van der Waals surface area contributed by atoms with E-state index in [0.717, 1.165) is 5.56 Å². The van der Waals surface area contributed by atoms with Gasteiger partial charge in [0, 0.05) is 16.6 Å². The fourth-order valence-corrected chi connectivity index (χ4v) is 3.00. The molecule has 0 spiro atoms. The summed E-state index contributed by atoms with van der Waals surface area (Å²) in [6.07, 6.45) is 0. The molecule has 2 atom stereocenters. The van der Waals surface area contributed by atoms with Crippen LogP contribution in [0.25, 0.3) is 0 Å². The van der Waals surface area contributed by atoms with Crippen LogP contribution in [-0.2, 0) is 9.53 Å². The number of carbonyl (C=O) groups is 1. The number of ether oxygens (including phenoxy) is 1. The van der Waals surface area contributed by atoms with Gasteiger partial charge < -0.3 is 10.1 Å². The van der Waals surface area contributed by atoms with E-state index in [-0.39, 0.29) is 6.61 Å². The van der Waals surface area contributed by atoms with Gasteiger partial charge in [-0.05, 0) is 31.5 Å². The number of nitriles is 1. The van der Waals surface area contributed by atoms with Gasteiger partial charge in [0.05, 0.1) is 23.2 Å². The highest BCUT2D eigenvalue weighted by molar-refractivity contribution is 7.80. The van der Waals surface area contributed by atoms with Crippen LogP contribution in [0.15, 0.2) is 35.5 Å². The minimum atomic E-state index is -0.626. The number of esters is 1. The molecule has 2 rings (SSSR count). The highest BCUT2D eigenvalue weighted by Gasteiger charge is 2.39. The molecule has 0 unspecified atom stereocenters. The molecule has 1 aromatic carbocycles. The predicted octanol–water partition coefficient (Wildman–Crippen LogP) is 3.33. The summed E-state index contributed by atoms with van der Waals surface area (Å²) in [5.41, 5.74) is 1.86. The molecule has 1 aliphatic rings. The van der Waals surface area contributed by atoms with Crippen molar-refractivity contribution < 1.29 is 9.53 Å². The first-order valence-electron chi connectivity index (χ1n) is 6.83. The van der Waals surface area contributed by atoms with Gasteiger partial charge in [0.1, 0.15) is 5.92 Å². The molecule has 0 aliphatic carbocycles. The smallest absolute Gasteiger partial charge is 0.336 e. The number of rotatable bonds is 3. The monoisotopic (exact) mass is 334 g/mol. The SMILES string of the molecule is CCOC(=O)C1=C(C)NC(=S)[C@H](C#N)[C@@H]1c1ccc(Cl)cc1. The summed E-state index contributed by atoms with van der Waals surface area (Å²) in [6, 6.07) is 9.25. The Morgan fingerprint density at radius 3 is 2.64 bits per heavy atom. The molecule has 0 aromatic heterocycles. The third-order valence-corrected chi connectivity index (χ3v) is 4.11. The van der Waals surface area contributed by atoms with Crippen molar-refractivity contribution in [2.75, 3.05) is 6.61 Å². The van der Waals surface area contributed by atoms with Gasteiger partial charge in [-0.15, -0.1) is 0 Å². The summed E-state index contributed by atoms with van der Waals surface area (Å²) in [4.78, 5) is 12.7. The van der Waals surface area contributed by atoms with Crippen molar-refractivity contribution >= 4 is 34.8 Å².